The number of nitrogens with one attached hydrogen (secondary N) is 1. The summed E-state index contributed by atoms with van der Waals surface area (Å²) >= 11 is 0. The molecule has 34 heavy (non-hydrogen) atoms. The summed E-state index contributed by atoms with van der Waals surface area (Å²) in [6.45, 7) is -4.23. The van der Waals surface area contributed by atoms with E-state index < -0.39 is 72.1 Å². The SMILES string of the molecule is [2H]C([2H])(OP(=O)(O)OP(=O)(O)OP(=O)(O)O)[C@H]1O[C@@H](n2c(C)cc(=O)[nH]c2=O)C(F)(C#CCF)[C@H]1O. The summed E-state index contributed by atoms with van der Waals surface area (Å²) in [5.74, 6) is 3.22. The van der Waals surface area contributed by atoms with Crippen LogP contribution in [-0.4, -0.2) is 65.3 Å². The van der Waals surface area contributed by atoms with Gasteiger partial charge in [-0.05, 0) is 6.92 Å². The van der Waals surface area contributed by atoms with Crippen molar-refractivity contribution >= 4 is 23.5 Å². The molecule has 0 spiro atoms. The number of hydrogen-bond acceptors (Lipinski definition) is 10. The molecule has 1 fully saturated rings. The fourth-order valence-electron chi connectivity index (χ4n) is 2.65. The molecule has 0 radical (unpaired) electrons. The maximum absolute atomic E-state index is 15.8. The van der Waals surface area contributed by atoms with Crippen molar-refractivity contribution in [2.45, 2.75) is 31.0 Å². The Kier molecular flexibility index (Phi) is 7.65. The summed E-state index contributed by atoms with van der Waals surface area (Å²) in [5, 5.41) is 10.4. The third-order valence-electron chi connectivity index (χ3n) is 3.80. The van der Waals surface area contributed by atoms with Crippen LogP contribution in [0.25, 0.3) is 0 Å². The Hall–Kier alpha value is -1.57. The fourth-order valence-corrected chi connectivity index (χ4v) is 5.53. The van der Waals surface area contributed by atoms with Gasteiger partial charge in [0.2, 0.25) is 5.67 Å². The van der Waals surface area contributed by atoms with Crippen LogP contribution >= 0.6 is 23.5 Å². The maximum atomic E-state index is 15.8. The van der Waals surface area contributed by atoms with Gasteiger partial charge in [0, 0.05) is 11.8 Å². The number of rotatable bonds is 8. The zero-order chi connectivity index (χ0) is 27.9. The molecule has 21 heteroatoms. The first kappa shape index (κ1) is 25.5. The number of alkyl halides is 2. The molecule has 0 aromatic carbocycles. The van der Waals surface area contributed by atoms with E-state index in [0.717, 1.165) is 13.0 Å². The van der Waals surface area contributed by atoms with Crippen molar-refractivity contribution in [1.29, 1.82) is 0 Å². The number of H-pyrrole nitrogens is 1. The van der Waals surface area contributed by atoms with Gasteiger partial charge in [0.1, 0.15) is 18.9 Å². The number of aromatic amines is 1. The molecule has 0 aliphatic carbocycles. The minimum Gasteiger partial charge on any atom is -0.386 e. The van der Waals surface area contributed by atoms with Crippen LogP contribution in [0.2, 0.25) is 0 Å². The molecule has 2 rings (SSSR count). The first-order valence-corrected chi connectivity index (χ1v) is 12.9. The van der Waals surface area contributed by atoms with Gasteiger partial charge in [-0.1, -0.05) is 11.8 Å². The van der Waals surface area contributed by atoms with E-state index in [1.807, 2.05) is 0 Å². The molecular weight excluding hydrogens is 539 g/mol. The summed E-state index contributed by atoms with van der Waals surface area (Å²) in [6.07, 6.45) is -7.94. The standard InChI is InChI=1S/C13H17F2N2O14P3/c1-7-5-9(18)16-12(20)17(7)11-13(15,3-2-4-14)10(19)8(29-11)6-28-33(24,25)31-34(26,27)30-32(21,22)23/h5,8,10-11,19H,4,6H2,1H3,(H,24,25)(H,26,27)(H,16,18,20)(H2,21,22,23)/t8-,10+,11-,13?/m1/s1/i6D2. The Bertz CT molecular complexity index is 1340. The van der Waals surface area contributed by atoms with E-state index in [1.54, 1.807) is 16.8 Å². The third kappa shape index (κ3) is 6.98. The third-order valence-corrected chi connectivity index (χ3v) is 7.47. The van der Waals surface area contributed by atoms with Crippen molar-refractivity contribution in [1.82, 2.24) is 9.55 Å². The largest absolute Gasteiger partial charge is 0.490 e. The highest BCUT2D eigenvalue weighted by Gasteiger charge is 2.59. The Morgan fingerprint density at radius 2 is 1.88 bits per heavy atom. The van der Waals surface area contributed by atoms with Gasteiger partial charge in [-0.2, -0.15) is 8.62 Å². The number of aliphatic hydroxyl groups is 1. The molecule has 1 aromatic rings. The fraction of sp³-hybridized carbons (Fsp3) is 0.538. The van der Waals surface area contributed by atoms with Gasteiger partial charge in [-0.3, -0.25) is 18.9 Å². The first-order valence-electron chi connectivity index (χ1n) is 9.39. The smallest absolute Gasteiger partial charge is 0.386 e. The summed E-state index contributed by atoms with van der Waals surface area (Å²) in [4.78, 5) is 61.3. The zero-order valence-electron chi connectivity index (χ0n) is 18.5. The number of halogens is 2. The molecule has 3 unspecified atom stereocenters. The molecule has 0 bridgehead atoms. The van der Waals surface area contributed by atoms with Crippen LogP contribution in [0.15, 0.2) is 15.7 Å². The van der Waals surface area contributed by atoms with Crippen LogP contribution in [0.4, 0.5) is 8.78 Å². The Balaban J connectivity index is 2.49. The number of phosphoric ester groups is 1. The lowest BCUT2D eigenvalue weighted by atomic mass is 9.96. The molecule has 1 aliphatic rings. The van der Waals surface area contributed by atoms with Gasteiger partial charge in [-0.25, -0.2) is 27.3 Å². The molecule has 1 aliphatic heterocycles. The first-order chi connectivity index (χ1) is 16.1. The monoisotopic (exact) mass is 558 g/mol. The maximum Gasteiger partial charge on any atom is 0.490 e. The summed E-state index contributed by atoms with van der Waals surface area (Å²) < 4.78 is 94.5. The van der Waals surface area contributed by atoms with E-state index >= 15 is 4.39 Å². The molecule has 6 N–H and O–H groups in total. The lowest BCUT2D eigenvalue weighted by Crippen LogP contribution is -2.46. The van der Waals surface area contributed by atoms with Gasteiger partial charge in [0.15, 0.2) is 6.23 Å². The summed E-state index contributed by atoms with van der Waals surface area (Å²) in [6, 6.07) is 0.772. The Morgan fingerprint density at radius 1 is 1.26 bits per heavy atom. The lowest BCUT2D eigenvalue weighted by molar-refractivity contribution is -0.0544. The molecule has 6 atom stereocenters. The number of aliphatic hydroxyl groups excluding tert-OH is 1. The predicted molar refractivity (Wildman–Crippen MR) is 103 cm³/mol. The summed E-state index contributed by atoms with van der Waals surface area (Å²) in [5.41, 5.74) is -6.10. The van der Waals surface area contributed by atoms with E-state index in [0.29, 0.717) is 4.57 Å². The van der Waals surface area contributed by atoms with Gasteiger partial charge in [-0.15, -0.1) is 0 Å². The second-order valence-electron chi connectivity index (χ2n) is 6.31. The minimum atomic E-state index is -6.16. The number of aromatic nitrogens is 2. The lowest BCUT2D eigenvalue weighted by Gasteiger charge is -2.25. The van der Waals surface area contributed by atoms with E-state index in [4.69, 9.17) is 17.3 Å². The molecule has 0 amide bonds. The highest BCUT2D eigenvalue weighted by atomic mass is 31.3. The summed E-state index contributed by atoms with van der Waals surface area (Å²) in [7, 11) is -18.0. The van der Waals surface area contributed by atoms with Crippen molar-refractivity contribution in [3.8, 4) is 11.8 Å². The van der Waals surface area contributed by atoms with Crippen LogP contribution in [0, 0.1) is 18.8 Å². The average molecular weight is 558 g/mol. The van der Waals surface area contributed by atoms with Gasteiger partial charge >= 0.3 is 29.2 Å². The normalized spacial score (nSPS) is 29.8. The van der Waals surface area contributed by atoms with E-state index in [1.165, 1.54) is 0 Å². The van der Waals surface area contributed by atoms with Crippen LogP contribution < -0.4 is 11.2 Å². The Labute approximate surface area is 190 Å². The van der Waals surface area contributed by atoms with Crippen molar-refractivity contribution in [2.75, 3.05) is 13.2 Å². The molecular formula is C13H17F2N2O14P3. The second kappa shape index (κ2) is 10.2. The number of phosphoric acid groups is 3. The van der Waals surface area contributed by atoms with Crippen molar-refractivity contribution in [3.05, 3.63) is 32.6 Å². The molecule has 16 nitrogen and oxygen atoms in total. The molecule has 0 saturated carbocycles. The minimum absolute atomic E-state index is 0.306. The van der Waals surface area contributed by atoms with E-state index in [-0.39, 0.29) is 5.69 Å². The van der Waals surface area contributed by atoms with Crippen molar-refractivity contribution in [2.24, 2.45) is 0 Å². The predicted octanol–water partition coefficient (Wildman–Crippen LogP) is -0.872. The average Bonchev–Trinajstić information content (AvgIpc) is 2.88. The van der Waals surface area contributed by atoms with Crippen LogP contribution in [0.3, 0.4) is 0 Å². The zero-order valence-corrected chi connectivity index (χ0v) is 19.2. The highest BCUT2D eigenvalue weighted by molar-refractivity contribution is 7.66. The van der Waals surface area contributed by atoms with Crippen molar-refractivity contribution in [3.63, 3.8) is 0 Å². The Morgan fingerprint density at radius 3 is 2.41 bits per heavy atom. The number of ether oxygens (including phenoxy) is 1. The second-order valence-corrected chi connectivity index (χ2v) is 10.7. The topological polar surface area (TPSA) is 244 Å². The number of aryl methyl sites for hydroxylation is 1. The number of nitrogens with zero attached hydrogens (tertiary/aromatic N) is 1. The van der Waals surface area contributed by atoms with Crippen LogP contribution in [-0.2, 0) is 31.6 Å². The van der Waals surface area contributed by atoms with E-state index in [9.17, 15) is 42.6 Å². The molecule has 1 aromatic heterocycles. The quantitative estimate of drug-likeness (QED) is 0.168. The van der Waals surface area contributed by atoms with Gasteiger partial charge < -0.3 is 29.4 Å². The van der Waals surface area contributed by atoms with Crippen LogP contribution in [0.5, 0.6) is 0 Å². The van der Waals surface area contributed by atoms with E-state index in [2.05, 4.69) is 13.1 Å². The number of hydrogen-bond donors (Lipinski definition) is 6. The van der Waals surface area contributed by atoms with Gasteiger partial charge in [0.25, 0.3) is 5.56 Å². The highest BCUT2D eigenvalue weighted by Crippen LogP contribution is 2.66. The van der Waals surface area contributed by atoms with Crippen LogP contribution in [0.1, 0.15) is 14.7 Å². The van der Waals surface area contributed by atoms with Gasteiger partial charge in [0.05, 0.1) is 9.30 Å². The molecule has 1 saturated heterocycles. The molecule has 2 heterocycles. The molecule has 192 valence electrons. The van der Waals surface area contributed by atoms with Crippen molar-refractivity contribution < 1.29 is 67.8 Å².